The molecule has 1 aromatic carbocycles. The quantitative estimate of drug-likeness (QED) is 0.780. The highest BCUT2D eigenvalue weighted by molar-refractivity contribution is 5.79. The van der Waals surface area contributed by atoms with Crippen molar-refractivity contribution >= 4 is 12.0 Å². The third-order valence-corrected chi connectivity index (χ3v) is 3.69. The summed E-state index contributed by atoms with van der Waals surface area (Å²) in [5, 5.41) is 0. The molecule has 2 nitrogen and oxygen atoms in total. The predicted octanol–water partition coefficient (Wildman–Crippen LogP) is 3.61. The SMILES string of the molecule is CC1CC1CN(C)c1ccc(C=O)c(C(F)(F)F)c1. The van der Waals surface area contributed by atoms with Gasteiger partial charge in [-0.3, -0.25) is 4.79 Å². The molecule has 5 heteroatoms. The number of aldehydes is 1. The number of hydrogen-bond acceptors (Lipinski definition) is 2. The van der Waals surface area contributed by atoms with E-state index in [1.165, 1.54) is 6.07 Å². The van der Waals surface area contributed by atoms with Crippen molar-refractivity contribution in [1.82, 2.24) is 0 Å². The van der Waals surface area contributed by atoms with Crippen LogP contribution in [0.4, 0.5) is 18.9 Å². The van der Waals surface area contributed by atoms with E-state index in [0.717, 1.165) is 19.0 Å². The molecule has 2 unspecified atom stereocenters. The molecule has 2 rings (SSSR count). The molecule has 0 radical (unpaired) electrons. The average Bonchev–Trinajstić information content (AvgIpc) is 3.02. The van der Waals surface area contributed by atoms with Gasteiger partial charge < -0.3 is 4.90 Å². The number of hydrogen-bond donors (Lipinski definition) is 0. The van der Waals surface area contributed by atoms with Crippen molar-refractivity contribution < 1.29 is 18.0 Å². The largest absolute Gasteiger partial charge is 0.417 e. The number of nitrogens with zero attached hydrogens (tertiary/aromatic N) is 1. The Morgan fingerprint density at radius 1 is 1.42 bits per heavy atom. The number of anilines is 1. The van der Waals surface area contributed by atoms with Gasteiger partial charge in [0, 0.05) is 24.8 Å². The lowest BCUT2D eigenvalue weighted by Gasteiger charge is -2.21. The second-order valence-corrected chi connectivity index (χ2v) is 5.24. The van der Waals surface area contributed by atoms with E-state index in [4.69, 9.17) is 0 Å². The van der Waals surface area contributed by atoms with Crippen LogP contribution in [0.2, 0.25) is 0 Å². The summed E-state index contributed by atoms with van der Waals surface area (Å²) in [5.74, 6) is 1.21. The third-order valence-electron chi connectivity index (χ3n) is 3.69. The van der Waals surface area contributed by atoms with Crippen molar-refractivity contribution in [2.45, 2.75) is 19.5 Å². The summed E-state index contributed by atoms with van der Waals surface area (Å²) in [6.45, 7) is 2.88. The summed E-state index contributed by atoms with van der Waals surface area (Å²) in [6.07, 6.45) is -3.13. The van der Waals surface area contributed by atoms with Gasteiger partial charge in [-0.2, -0.15) is 13.2 Å². The van der Waals surface area contributed by atoms with Crippen LogP contribution in [-0.4, -0.2) is 19.9 Å². The Hall–Kier alpha value is -1.52. The lowest BCUT2D eigenvalue weighted by molar-refractivity contribution is -0.137. The van der Waals surface area contributed by atoms with Crippen molar-refractivity contribution in [3.05, 3.63) is 29.3 Å². The van der Waals surface area contributed by atoms with Crippen molar-refractivity contribution in [2.75, 3.05) is 18.5 Å². The van der Waals surface area contributed by atoms with E-state index in [9.17, 15) is 18.0 Å². The van der Waals surface area contributed by atoms with Gasteiger partial charge in [-0.1, -0.05) is 6.92 Å². The number of alkyl halides is 3. The van der Waals surface area contributed by atoms with E-state index < -0.39 is 11.7 Å². The summed E-state index contributed by atoms with van der Waals surface area (Å²) < 4.78 is 38.5. The first-order chi connectivity index (χ1) is 8.82. The summed E-state index contributed by atoms with van der Waals surface area (Å²) in [5.41, 5.74) is -0.683. The number of carbonyl (C=O) groups excluding carboxylic acids is 1. The lowest BCUT2D eigenvalue weighted by atomic mass is 10.1. The van der Waals surface area contributed by atoms with Crippen LogP contribution in [0.15, 0.2) is 18.2 Å². The molecule has 1 saturated carbocycles. The van der Waals surface area contributed by atoms with Crippen LogP contribution in [-0.2, 0) is 6.18 Å². The molecule has 0 heterocycles. The molecule has 0 aliphatic heterocycles. The maximum atomic E-state index is 12.8. The van der Waals surface area contributed by atoms with Crippen molar-refractivity contribution in [3.8, 4) is 0 Å². The Morgan fingerprint density at radius 3 is 2.53 bits per heavy atom. The summed E-state index contributed by atoms with van der Waals surface area (Å²) >= 11 is 0. The van der Waals surface area contributed by atoms with Crippen molar-refractivity contribution in [3.63, 3.8) is 0 Å². The molecular formula is C14H16F3NO. The Bertz CT molecular complexity index is 484. The van der Waals surface area contributed by atoms with E-state index in [-0.39, 0.29) is 11.8 Å². The minimum Gasteiger partial charge on any atom is -0.374 e. The fraction of sp³-hybridized carbons (Fsp3) is 0.500. The Labute approximate surface area is 110 Å². The molecule has 1 aliphatic rings. The molecule has 1 aliphatic carbocycles. The lowest BCUT2D eigenvalue weighted by Crippen LogP contribution is -2.21. The van der Waals surface area contributed by atoms with Crippen LogP contribution >= 0.6 is 0 Å². The van der Waals surface area contributed by atoms with Gasteiger partial charge in [0.15, 0.2) is 6.29 Å². The minimum absolute atomic E-state index is 0.246. The monoisotopic (exact) mass is 271 g/mol. The Balaban J connectivity index is 2.24. The van der Waals surface area contributed by atoms with Crippen LogP contribution in [0.25, 0.3) is 0 Å². The van der Waals surface area contributed by atoms with Gasteiger partial charge in [0.05, 0.1) is 5.56 Å². The molecule has 0 bridgehead atoms. The minimum atomic E-state index is -4.50. The van der Waals surface area contributed by atoms with Gasteiger partial charge in [0.1, 0.15) is 0 Å². The molecule has 0 saturated heterocycles. The van der Waals surface area contributed by atoms with Crippen molar-refractivity contribution in [1.29, 1.82) is 0 Å². The number of benzene rings is 1. The van der Waals surface area contributed by atoms with Crippen LogP contribution in [0.5, 0.6) is 0 Å². The fourth-order valence-electron chi connectivity index (χ4n) is 2.24. The van der Waals surface area contributed by atoms with Crippen LogP contribution in [0.1, 0.15) is 29.3 Å². The zero-order valence-corrected chi connectivity index (χ0v) is 10.9. The van der Waals surface area contributed by atoms with Gasteiger partial charge in [0.25, 0.3) is 0 Å². The second kappa shape index (κ2) is 4.87. The smallest absolute Gasteiger partial charge is 0.374 e. The molecule has 2 atom stereocenters. The maximum absolute atomic E-state index is 12.8. The zero-order valence-electron chi connectivity index (χ0n) is 10.9. The molecule has 104 valence electrons. The van der Waals surface area contributed by atoms with E-state index in [1.807, 2.05) is 4.90 Å². The summed E-state index contributed by atoms with van der Waals surface area (Å²) in [6, 6.07) is 3.85. The van der Waals surface area contributed by atoms with Gasteiger partial charge in [-0.25, -0.2) is 0 Å². The highest BCUT2D eigenvalue weighted by atomic mass is 19.4. The Kier molecular flexibility index (Phi) is 3.56. The molecular weight excluding hydrogens is 255 g/mol. The van der Waals surface area contributed by atoms with Crippen LogP contribution in [0.3, 0.4) is 0 Å². The number of carbonyl (C=O) groups is 1. The molecule has 1 aromatic rings. The molecule has 0 spiro atoms. The second-order valence-electron chi connectivity index (χ2n) is 5.24. The molecule has 0 amide bonds. The predicted molar refractivity (Wildman–Crippen MR) is 67.4 cm³/mol. The summed E-state index contributed by atoms with van der Waals surface area (Å²) in [7, 11) is 1.78. The standard InChI is InChI=1S/C14H16F3NO/c1-9-5-11(9)7-18(2)12-4-3-10(8-19)13(6-12)14(15,16)17/h3-4,6,8-9,11H,5,7H2,1-2H3. The van der Waals surface area contributed by atoms with Crippen LogP contribution < -0.4 is 4.90 Å². The molecule has 0 aromatic heterocycles. The first-order valence-electron chi connectivity index (χ1n) is 6.20. The molecule has 1 fully saturated rings. The molecule has 0 N–H and O–H groups in total. The fourth-order valence-corrected chi connectivity index (χ4v) is 2.24. The van der Waals surface area contributed by atoms with Gasteiger partial charge in [0.2, 0.25) is 0 Å². The number of halogens is 3. The highest BCUT2D eigenvalue weighted by Crippen LogP contribution is 2.39. The highest BCUT2D eigenvalue weighted by Gasteiger charge is 2.35. The first kappa shape index (κ1) is 13.9. The van der Waals surface area contributed by atoms with Gasteiger partial charge in [-0.05, 0) is 36.5 Å². The van der Waals surface area contributed by atoms with E-state index in [2.05, 4.69) is 6.92 Å². The first-order valence-corrected chi connectivity index (χ1v) is 6.20. The van der Waals surface area contributed by atoms with Gasteiger partial charge >= 0.3 is 6.18 Å². The summed E-state index contributed by atoms with van der Waals surface area (Å²) in [4.78, 5) is 12.5. The third kappa shape index (κ3) is 3.08. The number of rotatable bonds is 4. The molecule has 19 heavy (non-hydrogen) atoms. The maximum Gasteiger partial charge on any atom is 0.417 e. The normalized spacial score (nSPS) is 22.2. The van der Waals surface area contributed by atoms with Gasteiger partial charge in [-0.15, -0.1) is 0 Å². The average molecular weight is 271 g/mol. The van der Waals surface area contributed by atoms with Crippen LogP contribution in [0, 0.1) is 11.8 Å². The van der Waals surface area contributed by atoms with E-state index in [0.29, 0.717) is 17.5 Å². The van der Waals surface area contributed by atoms with E-state index >= 15 is 0 Å². The van der Waals surface area contributed by atoms with Crippen molar-refractivity contribution in [2.24, 2.45) is 11.8 Å². The zero-order chi connectivity index (χ0) is 14.2. The van der Waals surface area contributed by atoms with E-state index in [1.54, 1.807) is 13.1 Å². The Morgan fingerprint density at radius 2 is 2.05 bits per heavy atom. The topological polar surface area (TPSA) is 20.3 Å².